The summed E-state index contributed by atoms with van der Waals surface area (Å²) < 4.78 is 0. The van der Waals surface area contributed by atoms with Gasteiger partial charge < -0.3 is 20.6 Å². The molecule has 0 bridgehead atoms. The van der Waals surface area contributed by atoms with Gasteiger partial charge in [-0.05, 0) is 70.6 Å². The molecule has 0 aromatic heterocycles. The zero-order valence-corrected chi connectivity index (χ0v) is 33.0. The SMILES string of the molecule is CCCCCCCCC/C=C\CCCCCCC(O)C(=O)NC(CO)C(O)/C=C/CC/C=C/CC/C=C/CCCCCCCCCCCCC. The number of nitrogens with one attached hydrogen (secondary N) is 1. The Bertz CT molecular complexity index is 820. The predicted molar refractivity (Wildman–Crippen MR) is 217 cm³/mol. The highest BCUT2D eigenvalue weighted by Gasteiger charge is 2.22. The topological polar surface area (TPSA) is 89.8 Å². The first-order chi connectivity index (χ1) is 24.6. The van der Waals surface area contributed by atoms with Gasteiger partial charge in [-0.3, -0.25) is 4.79 Å². The largest absolute Gasteiger partial charge is 0.394 e. The van der Waals surface area contributed by atoms with Gasteiger partial charge in [0, 0.05) is 0 Å². The Morgan fingerprint density at radius 3 is 1.22 bits per heavy atom. The summed E-state index contributed by atoms with van der Waals surface area (Å²) in [4.78, 5) is 12.4. The van der Waals surface area contributed by atoms with Crippen molar-refractivity contribution in [2.24, 2.45) is 0 Å². The molecule has 0 saturated carbocycles. The summed E-state index contributed by atoms with van der Waals surface area (Å²) in [5.41, 5.74) is 0. The summed E-state index contributed by atoms with van der Waals surface area (Å²) >= 11 is 0. The maximum atomic E-state index is 12.4. The van der Waals surface area contributed by atoms with E-state index in [9.17, 15) is 20.1 Å². The molecule has 0 aliphatic rings. The van der Waals surface area contributed by atoms with Crippen LogP contribution in [0.3, 0.4) is 0 Å². The average Bonchev–Trinajstić information content (AvgIpc) is 3.12. The number of allylic oxidation sites excluding steroid dienone is 7. The number of carbonyl (C=O) groups excluding carboxylic acids is 1. The molecule has 4 N–H and O–H groups in total. The Balaban J connectivity index is 3.79. The predicted octanol–water partition coefficient (Wildman–Crippen LogP) is 12.2. The van der Waals surface area contributed by atoms with E-state index in [1.165, 1.54) is 128 Å². The third-order valence-electron chi connectivity index (χ3n) is 9.62. The summed E-state index contributed by atoms with van der Waals surface area (Å²) in [6.45, 7) is 4.15. The van der Waals surface area contributed by atoms with Gasteiger partial charge in [0.1, 0.15) is 6.10 Å². The van der Waals surface area contributed by atoms with Crippen LogP contribution in [0.4, 0.5) is 0 Å². The Hall–Kier alpha value is -1.69. The molecule has 0 rings (SSSR count). The second-order valence-electron chi connectivity index (χ2n) is 14.5. The van der Waals surface area contributed by atoms with Gasteiger partial charge in [0.2, 0.25) is 5.91 Å². The molecule has 0 fully saturated rings. The van der Waals surface area contributed by atoms with Crippen LogP contribution in [0.1, 0.15) is 206 Å². The van der Waals surface area contributed by atoms with Gasteiger partial charge in [-0.25, -0.2) is 0 Å². The fourth-order valence-electron chi connectivity index (χ4n) is 6.21. The third kappa shape index (κ3) is 34.7. The fraction of sp³-hybridized carbons (Fsp3) is 0.800. The Morgan fingerprint density at radius 1 is 0.480 bits per heavy atom. The number of rotatable bonds is 38. The number of hydrogen-bond acceptors (Lipinski definition) is 4. The zero-order chi connectivity index (χ0) is 36.6. The molecular formula is C45H83NO4. The summed E-state index contributed by atoms with van der Waals surface area (Å²) in [7, 11) is 0. The van der Waals surface area contributed by atoms with E-state index in [1.54, 1.807) is 6.08 Å². The van der Waals surface area contributed by atoms with Crippen molar-refractivity contribution in [3.05, 3.63) is 48.6 Å². The molecule has 0 spiro atoms. The standard InChI is InChI=1S/C45H83NO4/c1-3-5-7-9-11-13-15-17-19-20-21-22-23-24-26-27-29-31-33-35-37-39-43(48)42(41-47)46-45(50)44(49)40-38-36-34-32-30-28-25-18-16-14-12-10-8-6-4-2/h23-25,28-29,31,37,39,42-44,47-49H,3-22,26-27,30,32-36,38,40-41H2,1-2H3,(H,46,50)/b24-23+,28-25-,31-29+,39-37+. The second-order valence-corrected chi connectivity index (χ2v) is 14.5. The van der Waals surface area contributed by atoms with Gasteiger partial charge >= 0.3 is 0 Å². The van der Waals surface area contributed by atoms with Crippen molar-refractivity contribution in [1.29, 1.82) is 0 Å². The van der Waals surface area contributed by atoms with Gasteiger partial charge in [0.05, 0.1) is 18.8 Å². The minimum Gasteiger partial charge on any atom is -0.394 e. The lowest BCUT2D eigenvalue weighted by atomic mass is 10.1. The van der Waals surface area contributed by atoms with Crippen LogP contribution in [-0.4, -0.2) is 46.1 Å². The van der Waals surface area contributed by atoms with Crippen LogP contribution in [0.25, 0.3) is 0 Å². The first-order valence-electron chi connectivity index (χ1n) is 21.5. The van der Waals surface area contributed by atoms with Crippen LogP contribution in [0.15, 0.2) is 48.6 Å². The maximum absolute atomic E-state index is 12.4. The third-order valence-corrected chi connectivity index (χ3v) is 9.62. The number of aliphatic hydroxyl groups excluding tert-OH is 3. The van der Waals surface area contributed by atoms with Crippen LogP contribution < -0.4 is 5.32 Å². The molecule has 0 radical (unpaired) electrons. The van der Waals surface area contributed by atoms with Gasteiger partial charge in [-0.1, -0.05) is 184 Å². The molecule has 0 aliphatic carbocycles. The van der Waals surface area contributed by atoms with E-state index in [-0.39, 0.29) is 6.61 Å². The van der Waals surface area contributed by atoms with Crippen molar-refractivity contribution >= 4 is 5.91 Å². The van der Waals surface area contributed by atoms with Crippen LogP contribution in [0, 0.1) is 0 Å². The van der Waals surface area contributed by atoms with Crippen LogP contribution in [-0.2, 0) is 4.79 Å². The molecular weight excluding hydrogens is 618 g/mol. The molecule has 5 heteroatoms. The van der Waals surface area contributed by atoms with Crippen LogP contribution >= 0.6 is 0 Å². The lowest BCUT2D eigenvalue weighted by Crippen LogP contribution is -2.48. The summed E-state index contributed by atoms with van der Waals surface area (Å²) in [5, 5.41) is 33.0. The Labute approximate surface area is 310 Å². The van der Waals surface area contributed by atoms with E-state index in [1.807, 2.05) is 6.08 Å². The van der Waals surface area contributed by atoms with E-state index in [0.717, 1.165) is 57.8 Å². The van der Waals surface area contributed by atoms with E-state index >= 15 is 0 Å². The molecule has 0 aromatic rings. The number of unbranched alkanes of at least 4 members (excludes halogenated alkanes) is 24. The number of aliphatic hydroxyl groups is 3. The fourth-order valence-corrected chi connectivity index (χ4v) is 6.21. The van der Waals surface area contributed by atoms with E-state index in [0.29, 0.717) is 6.42 Å². The minimum atomic E-state index is -1.12. The van der Waals surface area contributed by atoms with Gasteiger partial charge in [-0.15, -0.1) is 0 Å². The molecule has 0 aliphatic heterocycles. The molecule has 5 nitrogen and oxygen atoms in total. The molecule has 3 atom stereocenters. The molecule has 292 valence electrons. The van der Waals surface area contributed by atoms with E-state index in [4.69, 9.17) is 0 Å². The first kappa shape index (κ1) is 48.3. The first-order valence-corrected chi connectivity index (χ1v) is 21.5. The number of hydrogen-bond donors (Lipinski definition) is 4. The van der Waals surface area contributed by atoms with Crippen LogP contribution in [0.5, 0.6) is 0 Å². The van der Waals surface area contributed by atoms with Gasteiger partial charge in [-0.2, -0.15) is 0 Å². The lowest BCUT2D eigenvalue weighted by Gasteiger charge is -2.21. The molecule has 3 unspecified atom stereocenters. The Kier molecular flexibility index (Phi) is 38.7. The molecule has 0 aromatic carbocycles. The number of amides is 1. The smallest absolute Gasteiger partial charge is 0.249 e. The highest BCUT2D eigenvalue weighted by Crippen LogP contribution is 2.13. The van der Waals surface area contributed by atoms with Gasteiger partial charge in [0.15, 0.2) is 0 Å². The molecule has 0 heterocycles. The zero-order valence-electron chi connectivity index (χ0n) is 33.0. The van der Waals surface area contributed by atoms with E-state index in [2.05, 4.69) is 55.6 Å². The van der Waals surface area contributed by atoms with Crippen molar-refractivity contribution < 1.29 is 20.1 Å². The second kappa shape index (κ2) is 40.1. The highest BCUT2D eigenvalue weighted by molar-refractivity contribution is 5.80. The summed E-state index contributed by atoms with van der Waals surface area (Å²) in [6.07, 6.45) is 51.4. The minimum absolute atomic E-state index is 0.386. The van der Waals surface area contributed by atoms with Crippen molar-refractivity contribution in [2.45, 2.75) is 225 Å². The quantitative estimate of drug-likeness (QED) is 0.0381. The Morgan fingerprint density at radius 2 is 0.820 bits per heavy atom. The maximum Gasteiger partial charge on any atom is 0.249 e. The van der Waals surface area contributed by atoms with Crippen molar-refractivity contribution in [3.8, 4) is 0 Å². The van der Waals surface area contributed by atoms with Crippen LogP contribution in [0.2, 0.25) is 0 Å². The highest BCUT2D eigenvalue weighted by atomic mass is 16.3. The van der Waals surface area contributed by atoms with Crippen molar-refractivity contribution in [2.75, 3.05) is 6.61 Å². The monoisotopic (exact) mass is 702 g/mol. The van der Waals surface area contributed by atoms with Crippen molar-refractivity contribution in [3.63, 3.8) is 0 Å². The average molecular weight is 702 g/mol. The lowest BCUT2D eigenvalue weighted by molar-refractivity contribution is -0.131. The van der Waals surface area contributed by atoms with E-state index < -0.39 is 24.2 Å². The summed E-state index contributed by atoms with van der Waals surface area (Å²) in [6, 6.07) is -0.825. The van der Waals surface area contributed by atoms with Gasteiger partial charge in [0.25, 0.3) is 0 Å². The summed E-state index contributed by atoms with van der Waals surface area (Å²) in [5.74, 6) is -0.527. The number of carbonyl (C=O) groups is 1. The van der Waals surface area contributed by atoms with Crippen molar-refractivity contribution in [1.82, 2.24) is 5.32 Å². The molecule has 0 saturated heterocycles. The molecule has 50 heavy (non-hydrogen) atoms. The molecule has 1 amide bonds. The normalized spacial score (nSPS) is 14.1.